The van der Waals surface area contributed by atoms with E-state index in [1.165, 1.54) is 0 Å². The van der Waals surface area contributed by atoms with Crippen LogP contribution in [0, 0.1) is 0 Å². The molecule has 0 bridgehead atoms. The highest BCUT2D eigenvalue weighted by Gasteiger charge is 2.48. The zero-order valence-electron chi connectivity index (χ0n) is 15.4. The molecule has 0 aliphatic carbocycles. The number of fused-ring (bicyclic) bond motifs is 1. The first kappa shape index (κ1) is 18.3. The number of hydrogen-bond acceptors (Lipinski definition) is 5. The number of carbonyl (C=O) groups is 2. The number of likely N-dealkylation sites (tertiary alicyclic amines) is 1. The average Bonchev–Trinajstić information content (AvgIpc) is 3.31. The fraction of sp³-hybridized carbons (Fsp3) is 0.333. The van der Waals surface area contributed by atoms with Crippen LogP contribution in [0.3, 0.4) is 0 Å². The van der Waals surface area contributed by atoms with E-state index in [2.05, 4.69) is 10.6 Å². The van der Waals surface area contributed by atoms with Gasteiger partial charge in [-0.05, 0) is 24.1 Å². The van der Waals surface area contributed by atoms with Crippen LogP contribution >= 0.6 is 0 Å². The third-order valence-electron chi connectivity index (χ3n) is 5.13. The smallest absolute Gasteiger partial charge is 0.412 e. The molecule has 2 aromatic rings. The summed E-state index contributed by atoms with van der Waals surface area (Å²) in [4.78, 5) is 26.5. The van der Waals surface area contributed by atoms with Gasteiger partial charge in [0.15, 0.2) is 0 Å². The number of para-hydroxylation sites is 1. The van der Waals surface area contributed by atoms with Gasteiger partial charge in [0.25, 0.3) is 0 Å². The summed E-state index contributed by atoms with van der Waals surface area (Å²) >= 11 is 0. The molecule has 2 aliphatic heterocycles. The molecule has 2 aliphatic rings. The highest BCUT2D eigenvalue weighted by Crippen LogP contribution is 2.28. The van der Waals surface area contributed by atoms with Crippen molar-refractivity contribution in [1.82, 2.24) is 10.2 Å². The lowest BCUT2D eigenvalue weighted by molar-refractivity contribution is 0.0505. The van der Waals surface area contributed by atoms with E-state index in [1.54, 1.807) is 17.0 Å². The van der Waals surface area contributed by atoms with Gasteiger partial charge in [-0.1, -0.05) is 48.5 Å². The van der Waals surface area contributed by atoms with Gasteiger partial charge in [-0.3, -0.25) is 10.2 Å². The van der Waals surface area contributed by atoms with Gasteiger partial charge >= 0.3 is 12.2 Å². The van der Waals surface area contributed by atoms with Crippen LogP contribution in [-0.2, 0) is 16.1 Å². The van der Waals surface area contributed by atoms with Crippen LogP contribution in [-0.4, -0.2) is 48.4 Å². The van der Waals surface area contributed by atoms with E-state index in [1.807, 2.05) is 48.5 Å². The van der Waals surface area contributed by atoms with E-state index in [-0.39, 0.29) is 24.8 Å². The number of nitrogens with zero attached hydrogens (tertiary/aromatic N) is 1. The van der Waals surface area contributed by atoms with Gasteiger partial charge in [0.2, 0.25) is 0 Å². The number of benzene rings is 2. The Kier molecular flexibility index (Phi) is 5.43. The summed E-state index contributed by atoms with van der Waals surface area (Å²) in [6.07, 6.45) is -0.508. The maximum absolute atomic E-state index is 12.6. The standard InChI is InChI=1S/C21H23N3O4/c25-20(23-16-9-5-2-6-10-16)28-18-13-22-17-11-12-24(19(17)18)21(26)27-14-15-7-3-1-4-8-15/h1-10,17-19,22H,11-14H2,(H,23,25). The summed E-state index contributed by atoms with van der Waals surface area (Å²) < 4.78 is 11.1. The number of anilines is 1. The summed E-state index contributed by atoms with van der Waals surface area (Å²) in [6.45, 7) is 1.32. The first-order valence-corrected chi connectivity index (χ1v) is 9.44. The second-order valence-corrected chi connectivity index (χ2v) is 6.96. The van der Waals surface area contributed by atoms with Crippen molar-refractivity contribution in [3.63, 3.8) is 0 Å². The van der Waals surface area contributed by atoms with Crippen LogP contribution < -0.4 is 10.6 Å². The van der Waals surface area contributed by atoms with E-state index >= 15 is 0 Å². The summed E-state index contributed by atoms with van der Waals surface area (Å²) in [7, 11) is 0. The fourth-order valence-corrected chi connectivity index (χ4v) is 3.82. The minimum Gasteiger partial charge on any atom is -0.445 e. The molecule has 7 heteroatoms. The molecule has 2 aromatic carbocycles. The summed E-state index contributed by atoms with van der Waals surface area (Å²) in [5.41, 5.74) is 1.60. The molecule has 2 heterocycles. The highest BCUT2D eigenvalue weighted by atomic mass is 16.6. The molecule has 2 N–H and O–H groups in total. The van der Waals surface area contributed by atoms with Crippen molar-refractivity contribution in [2.45, 2.75) is 31.2 Å². The van der Waals surface area contributed by atoms with Crippen molar-refractivity contribution in [3.8, 4) is 0 Å². The Morgan fingerprint density at radius 2 is 1.79 bits per heavy atom. The Balaban J connectivity index is 1.35. The van der Waals surface area contributed by atoms with Crippen molar-refractivity contribution in [3.05, 3.63) is 66.2 Å². The monoisotopic (exact) mass is 381 g/mol. The number of hydrogen-bond donors (Lipinski definition) is 2. The Bertz CT molecular complexity index is 815. The zero-order valence-corrected chi connectivity index (χ0v) is 15.4. The number of amides is 2. The predicted octanol–water partition coefficient (Wildman–Crippen LogP) is 2.99. The second-order valence-electron chi connectivity index (χ2n) is 6.96. The Morgan fingerprint density at radius 3 is 2.54 bits per heavy atom. The molecule has 2 amide bonds. The molecular formula is C21H23N3O4. The third-order valence-corrected chi connectivity index (χ3v) is 5.13. The molecule has 0 aromatic heterocycles. The quantitative estimate of drug-likeness (QED) is 0.851. The molecule has 3 atom stereocenters. The van der Waals surface area contributed by atoms with Crippen molar-refractivity contribution >= 4 is 17.9 Å². The van der Waals surface area contributed by atoms with Crippen LogP contribution in [0.1, 0.15) is 12.0 Å². The van der Waals surface area contributed by atoms with Crippen LogP contribution in [0.4, 0.5) is 15.3 Å². The second kappa shape index (κ2) is 8.31. The zero-order chi connectivity index (χ0) is 19.3. The fourth-order valence-electron chi connectivity index (χ4n) is 3.82. The Labute approximate surface area is 163 Å². The van der Waals surface area contributed by atoms with E-state index in [0.29, 0.717) is 18.8 Å². The first-order valence-electron chi connectivity index (χ1n) is 9.44. The lowest BCUT2D eigenvalue weighted by Gasteiger charge is -2.27. The topological polar surface area (TPSA) is 79.9 Å². The maximum atomic E-state index is 12.6. The minimum atomic E-state index is -0.525. The van der Waals surface area contributed by atoms with Crippen molar-refractivity contribution < 1.29 is 19.1 Å². The molecular weight excluding hydrogens is 358 g/mol. The molecule has 146 valence electrons. The first-order chi connectivity index (χ1) is 13.7. The van der Waals surface area contributed by atoms with Crippen molar-refractivity contribution in [2.75, 3.05) is 18.4 Å². The minimum absolute atomic E-state index is 0.110. The number of ether oxygens (including phenoxy) is 2. The largest absolute Gasteiger partial charge is 0.445 e. The molecule has 4 rings (SSSR count). The summed E-state index contributed by atoms with van der Waals surface area (Å²) in [5.74, 6) is 0. The van der Waals surface area contributed by atoms with Gasteiger partial charge in [-0.2, -0.15) is 0 Å². The highest BCUT2D eigenvalue weighted by molar-refractivity contribution is 5.84. The number of nitrogens with one attached hydrogen (secondary N) is 2. The molecule has 7 nitrogen and oxygen atoms in total. The summed E-state index contributed by atoms with van der Waals surface area (Å²) in [6, 6.07) is 18.6. The summed E-state index contributed by atoms with van der Waals surface area (Å²) in [5, 5.41) is 6.06. The number of carbonyl (C=O) groups excluding carboxylic acids is 2. The number of rotatable bonds is 4. The molecule has 2 fully saturated rings. The Hall–Kier alpha value is -3.06. The molecule has 0 saturated carbocycles. The van der Waals surface area contributed by atoms with Gasteiger partial charge in [0, 0.05) is 24.8 Å². The van der Waals surface area contributed by atoms with Gasteiger partial charge in [-0.15, -0.1) is 0 Å². The molecule has 0 radical (unpaired) electrons. The molecule has 3 unspecified atom stereocenters. The maximum Gasteiger partial charge on any atom is 0.412 e. The lowest BCUT2D eigenvalue weighted by Crippen LogP contribution is -2.46. The SMILES string of the molecule is O=C(Nc1ccccc1)OC1CNC2CCN(C(=O)OCc3ccccc3)C21. The average molecular weight is 381 g/mol. The van der Waals surface area contributed by atoms with Gasteiger partial charge < -0.3 is 14.8 Å². The molecule has 0 spiro atoms. The van der Waals surface area contributed by atoms with Crippen molar-refractivity contribution in [2.24, 2.45) is 0 Å². The molecule has 2 saturated heterocycles. The third kappa shape index (κ3) is 4.09. The van der Waals surface area contributed by atoms with Crippen LogP contribution in [0.5, 0.6) is 0 Å². The molecule has 28 heavy (non-hydrogen) atoms. The van der Waals surface area contributed by atoms with E-state index in [4.69, 9.17) is 9.47 Å². The van der Waals surface area contributed by atoms with E-state index < -0.39 is 12.2 Å². The predicted molar refractivity (Wildman–Crippen MR) is 104 cm³/mol. The van der Waals surface area contributed by atoms with E-state index in [0.717, 1.165) is 12.0 Å². The lowest BCUT2D eigenvalue weighted by atomic mass is 10.1. The van der Waals surface area contributed by atoms with Gasteiger partial charge in [0.05, 0.1) is 6.04 Å². The van der Waals surface area contributed by atoms with E-state index in [9.17, 15) is 9.59 Å². The normalized spacial score (nSPS) is 23.1. The van der Waals surface area contributed by atoms with Crippen LogP contribution in [0.2, 0.25) is 0 Å². The van der Waals surface area contributed by atoms with Gasteiger partial charge in [-0.25, -0.2) is 9.59 Å². The van der Waals surface area contributed by atoms with Crippen molar-refractivity contribution in [1.29, 1.82) is 0 Å². The van der Waals surface area contributed by atoms with Crippen LogP contribution in [0.15, 0.2) is 60.7 Å². The Morgan fingerprint density at radius 1 is 1.07 bits per heavy atom. The van der Waals surface area contributed by atoms with Gasteiger partial charge in [0.1, 0.15) is 12.7 Å². The van der Waals surface area contributed by atoms with Crippen LogP contribution in [0.25, 0.3) is 0 Å².